The van der Waals surface area contributed by atoms with Gasteiger partial charge in [-0.1, -0.05) is 51.1 Å². The van der Waals surface area contributed by atoms with Crippen molar-refractivity contribution in [1.82, 2.24) is 0 Å². The van der Waals surface area contributed by atoms with Crippen LogP contribution in [-0.2, 0) is 10.2 Å². The topological polar surface area (TPSA) is 63.3 Å². The van der Waals surface area contributed by atoms with E-state index in [9.17, 15) is 18.7 Å². The first-order chi connectivity index (χ1) is 11.7. The maximum Gasteiger partial charge on any atom is 0.234 e. The molecule has 25 heavy (non-hydrogen) atoms. The third-order valence-electron chi connectivity index (χ3n) is 4.91. The fraction of sp³-hybridized carbons (Fsp3) is 0.450. The molecular formula is C20H25F2NO2. The molecule has 1 amide bonds. The lowest BCUT2D eigenvalue weighted by Gasteiger charge is -2.40. The number of nitrogens with two attached hydrogens (primary N) is 1. The summed E-state index contributed by atoms with van der Waals surface area (Å²) < 4.78 is 29.5. The van der Waals surface area contributed by atoms with Crippen molar-refractivity contribution in [3.63, 3.8) is 0 Å². The Morgan fingerprint density at radius 2 is 1.92 bits per heavy atom. The third-order valence-corrected chi connectivity index (χ3v) is 4.91. The van der Waals surface area contributed by atoms with Crippen molar-refractivity contribution >= 4 is 5.91 Å². The van der Waals surface area contributed by atoms with Crippen LogP contribution in [0.25, 0.3) is 0 Å². The van der Waals surface area contributed by atoms with Gasteiger partial charge in [-0.25, -0.2) is 8.78 Å². The summed E-state index contributed by atoms with van der Waals surface area (Å²) in [6.45, 7) is 5.86. The van der Waals surface area contributed by atoms with E-state index in [1.807, 2.05) is 12.1 Å². The molecule has 1 aromatic carbocycles. The molecule has 1 aliphatic rings. The van der Waals surface area contributed by atoms with Crippen LogP contribution in [0, 0.1) is 5.41 Å². The van der Waals surface area contributed by atoms with Gasteiger partial charge in [-0.05, 0) is 35.1 Å². The Bertz CT molecular complexity index is 689. The molecule has 3 N–H and O–H groups in total. The highest BCUT2D eigenvalue weighted by Crippen LogP contribution is 2.50. The molecule has 0 bridgehead atoms. The number of amides is 1. The molecule has 0 saturated heterocycles. The standard InChI is InChI=1S/C20H25F2NO2/c1-19(2,3)14-9-7-13(8-10-14)15(11-12-24)20(18(23)25)16(21)5-4-6-17(20)22/h4-10,15-16,24H,11-12H2,1-3H3,(H2,23,25). The van der Waals surface area contributed by atoms with Gasteiger partial charge >= 0.3 is 0 Å². The van der Waals surface area contributed by atoms with E-state index >= 15 is 0 Å². The lowest BCUT2D eigenvalue weighted by molar-refractivity contribution is -0.131. The van der Waals surface area contributed by atoms with Crippen LogP contribution in [0.15, 0.2) is 48.3 Å². The van der Waals surface area contributed by atoms with Crippen LogP contribution >= 0.6 is 0 Å². The predicted molar refractivity (Wildman–Crippen MR) is 94.4 cm³/mol. The second-order valence-electron chi connectivity index (χ2n) is 7.47. The average molecular weight is 349 g/mol. The molecular weight excluding hydrogens is 324 g/mol. The summed E-state index contributed by atoms with van der Waals surface area (Å²) in [5.41, 5.74) is 4.89. The first-order valence-electron chi connectivity index (χ1n) is 8.35. The highest BCUT2D eigenvalue weighted by Gasteiger charge is 2.55. The lowest BCUT2D eigenvalue weighted by atomic mass is 9.64. The van der Waals surface area contributed by atoms with Crippen molar-refractivity contribution in [1.29, 1.82) is 0 Å². The molecule has 0 heterocycles. The van der Waals surface area contributed by atoms with Crippen LogP contribution in [0.3, 0.4) is 0 Å². The Morgan fingerprint density at radius 1 is 1.32 bits per heavy atom. The van der Waals surface area contributed by atoms with Crippen molar-refractivity contribution in [2.24, 2.45) is 11.1 Å². The lowest BCUT2D eigenvalue weighted by Crippen LogP contribution is -2.50. The number of carbonyl (C=O) groups excluding carboxylic acids is 1. The smallest absolute Gasteiger partial charge is 0.234 e. The maximum atomic E-state index is 14.8. The minimum Gasteiger partial charge on any atom is -0.396 e. The maximum absolute atomic E-state index is 14.8. The minimum atomic E-state index is -2.14. The highest BCUT2D eigenvalue weighted by atomic mass is 19.1. The molecule has 0 spiro atoms. The van der Waals surface area contributed by atoms with E-state index in [2.05, 4.69) is 20.8 Å². The zero-order valence-corrected chi connectivity index (χ0v) is 14.8. The number of hydrogen-bond acceptors (Lipinski definition) is 2. The normalized spacial score (nSPS) is 24.7. The van der Waals surface area contributed by atoms with Crippen LogP contribution in [0.5, 0.6) is 0 Å². The Balaban J connectivity index is 2.57. The van der Waals surface area contributed by atoms with Gasteiger partial charge in [0.05, 0.1) is 0 Å². The van der Waals surface area contributed by atoms with Crippen molar-refractivity contribution < 1.29 is 18.7 Å². The summed E-state index contributed by atoms with van der Waals surface area (Å²) in [4.78, 5) is 12.2. The van der Waals surface area contributed by atoms with Gasteiger partial charge in [0.1, 0.15) is 17.4 Å². The van der Waals surface area contributed by atoms with Crippen LogP contribution in [0.4, 0.5) is 8.78 Å². The second kappa shape index (κ2) is 7.08. The van der Waals surface area contributed by atoms with E-state index in [1.165, 1.54) is 6.08 Å². The summed E-state index contributed by atoms with van der Waals surface area (Å²) in [5, 5.41) is 9.45. The molecule has 0 aliphatic heterocycles. The number of alkyl halides is 1. The average Bonchev–Trinajstić information content (AvgIpc) is 2.53. The van der Waals surface area contributed by atoms with Gasteiger partial charge in [0, 0.05) is 12.5 Å². The SMILES string of the molecule is CC(C)(C)c1ccc(C(CCO)C2(C(N)=O)C(F)=CC=CC2F)cc1. The molecule has 0 aromatic heterocycles. The van der Waals surface area contributed by atoms with Crippen LogP contribution in [0.1, 0.15) is 44.2 Å². The van der Waals surface area contributed by atoms with E-state index in [1.54, 1.807) is 12.1 Å². The number of rotatable bonds is 5. The quantitative estimate of drug-likeness (QED) is 0.852. The fourth-order valence-corrected chi connectivity index (χ4v) is 3.44. The number of carbonyl (C=O) groups is 1. The van der Waals surface area contributed by atoms with E-state index in [0.29, 0.717) is 5.56 Å². The summed E-state index contributed by atoms with van der Waals surface area (Å²) >= 11 is 0. The number of primary amides is 1. The molecule has 136 valence electrons. The Kier molecular flexibility index (Phi) is 5.47. The Morgan fingerprint density at radius 3 is 2.36 bits per heavy atom. The predicted octanol–water partition coefficient (Wildman–Crippen LogP) is 3.68. The third kappa shape index (κ3) is 3.38. The van der Waals surface area contributed by atoms with Crippen molar-refractivity contribution in [3.05, 3.63) is 59.4 Å². The van der Waals surface area contributed by atoms with Gasteiger partial charge in [-0.15, -0.1) is 0 Å². The first-order valence-corrected chi connectivity index (χ1v) is 8.35. The molecule has 2 rings (SSSR count). The van der Waals surface area contributed by atoms with Gasteiger partial charge in [-0.2, -0.15) is 0 Å². The van der Waals surface area contributed by atoms with Crippen LogP contribution in [-0.4, -0.2) is 23.8 Å². The van der Waals surface area contributed by atoms with E-state index < -0.39 is 29.2 Å². The number of halogens is 2. The fourth-order valence-electron chi connectivity index (χ4n) is 3.44. The molecule has 0 fully saturated rings. The van der Waals surface area contributed by atoms with Gasteiger partial charge in [0.25, 0.3) is 0 Å². The minimum absolute atomic E-state index is 0.0212. The summed E-state index contributed by atoms with van der Waals surface area (Å²) in [7, 11) is 0. The Labute approximate surface area is 147 Å². The summed E-state index contributed by atoms with van der Waals surface area (Å²) in [5.74, 6) is -2.88. The van der Waals surface area contributed by atoms with Crippen LogP contribution < -0.4 is 5.73 Å². The molecule has 0 saturated carbocycles. The van der Waals surface area contributed by atoms with Gasteiger partial charge in [0.15, 0.2) is 0 Å². The Hall–Kier alpha value is -2.01. The molecule has 0 radical (unpaired) electrons. The number of hydrogen-bond donors (Lipinski definition) is 2. The summed E-state index contributed by atoms with van der Waals surface area (Å²) in [6.07, 6.45) is 1.55. The number of benzene rings is 1. The molecule has 3 unspecified atom stereocenters. The molecule has 5 heteroatoms. The second-order valence-corrected chi connectivity index (χ2v) is 7.47. The van der Waals surface area contributed by atoms with Gasteiger partial charge < -0.3 is 10.8 Å². The largest absolute Gasteiger partial charge is 0.396 e. The zero-order valence-electron chi connectivity index (χ0n) is 14.8. The van der Waals surface area contributed by atoms with E-state index in [-0.39, 0.29) is 18.4 Å². The van der Waals surface area contributed by atoms with E-state index in [4.69, 9.17) is 5.73 Å². The molecule has 3 atom stereocenters. The first kappa shape index (κ1) is 19.3. The van der Waals surface area contributed by atoms with Crippen LogP contribution in [0.2, 0.25) is 0 Å². The van der Waals surface area contributed by atoms with Gasteiger partial charge in [-0.3, -0.25) is 4.79 Å². The highest BCUT2D eigenvalue weighted by molar-refractivity contribution is 5.87. The summed E-state index contributed by atoms with van der Waals surface area (Å²) in [6, 6.07) is 7.26. The van der Waals surface area contributed by atoms with Crippen molar-refractivity contribution in [3.8, 4) is 0 Å². The van der Waals surface area contributed by atoms with Crippen molar-refractivity contribution in [2.75, 3.05) is 6.61 Å². The number of aliphatic hydroxyl groups excluding tert-OH is 1. The zero-order chi connectivity index (χ0) is 18.8. The van der Waals surface area contributed by atoms with Crippen molar-refractivity contribution in [2.45, 2.75) is 44.7 Å². The number of aliphatic hydroxyl groups is 1. The van der Waals surface area contributed by atoms with E-state index in [0.717, 1.165) is 17.7 Å². The molecule has 3 nitrogen and oxygen atoms in total. The molecule has 1 aliphatic carbocycles. The monoisotopic (exact) mass is 349 g/mol. The number of allylic oxidation sites excluding steroid dienone is 3. The van der Waals surface area contributed by atoms with Gasteiger partial charge in [0.2, 0.25) is 5.91 Å². The molecule has 1 aromatic rings.